The molecule has 0 amide bonds. The third-order valence-corrected chi connectivity index (χ3v) is 3.08. The Kier molecular flexibility index (Phi) is 2.25. The van der Waals surface area contributed by atoms with Crippen LogP contribution in [-0.4, -0.2) is 22.9 Å². The van der Waals surface area contributed by atoms with Gasteiger partial charge in [0.25, 0.3) is 10.1 Å². The van der Waals surface area contributed by atoms with Crippen LogP contribution < -0.4 is 0 Å². The first-order valence-electron chi connectivity index (χ1n) is 4.05. The minimum Gasteiger partial charge on any atom is -0.333 e. The second-order valence-electron chi connectivity index (χ2n) is 3.17. The van der Waals surface area contributed by atoms with Gasteiger partial charge >= 0.3 is 0 Å². The summed E-state index contributed by atoms with van der Waals surface area (Å²) in [5.74, 6) is 0. The molecule has 1 aromatic heterocycles. The summed E-state index contributed by atoms with van der Waals surface area (Å²) in [4.78, 5) is 6.71. The van der Waals surface area contributed by atoms with E-state index in [0.717, 1.165) is 0 Å². The summed E-state index contributed by atoms with van der Waals surface area (Å²) < 4.78 is 30.8. The van der Waals surface area contributed by atoms with Crippen molar-refractivity contribution in [2.75, 3.05) is 0 Å². The van der Waals surface area contributed by atoms with Crippen LogP contribution >= 0.6 is 12.6 Å². The molecule has 0 bridgehead atoms. The lowest BCUT2D eigenvalue weighted by Gasteiger charge is -1.99. The quantitative estimate of drug-likeness (QED) is 0.523. The lowest BCUT2D eigenvalue weighted by molar-refractivity contribution is 0.483. The molecule has 2 rings (SSSR count). The standard InChI is InChI=1S/C8H8N2O3S2/c1-4-2-5(15(11,12)13)3-6-7(4)10-8(14)9-6/h2-3H,1H3,(H2,9,10,14)(H,11,12,13). The van der Waals surface area contributed by atoms with E-state index in [-0.39, 0.29) is 4.90 Å². The predicted octanol–water partition coefficient (Wildman–Crippen LogP) is 1.41. The number of fused-ring (bicyclic) bond motifs is 1. The lowest BCUT2D eigenvalue weighted by Crippen LogP contribution is -1.98. The van der Waals surface area contributed by atoms with Crippen LogP contribution in [0.4, 0.5) is 0 Å². The summed E-state index contributed by atoms with van der Waals surface area (Å²) in [6.45, 7) is 1.71. The first kappa shape index (κ1) is 10.5. The molecular formula is C8H8N2O3S2. The molecule has 0 saturated carbocycles. The summed E-state index contributed by atoms with van der Waals surface area (Å²) in [7, 11) is -4.18. The van der Waals surface area contributed by atoms with E-state index >= 15 is 0 Å². The van der Waals surface area contributed by atoms with E-state index < -0.39 is 10.1 Å². The molecule has 0 fully saturated rings. The highest BCUT2D eigenvalue weighted by Crippen LogP contribution is 2.22. The summed E-state index contributed by atoms with van der Waals surface area (Å²) in [6.07, 6.45) is 0. The third-order valence-electron chi connectivity index (χ3n) is 2.04. The zero-order chi connectivity index (χ0) is 11.2. The summed E-state index contributed by atoms with van der Waals surface area (Å²) in [6, 6.07) is 2.69. The van der Waals surface area contributed by atoms with Gasteiger partial charge in [-0.2, -0.15) is 8.42 Å². The van der Waals surface area contributed by atoms with Crippen molar-refractivity contribution in [3.05, 3.63) is 17.7 Å². The van der Waals surface area contributed by atoms with Crippen molar-refractivity contribution in [3.63, 3.8) is 0 Å². The van der Waals surface area contributed by atoms with E-state index in [9.17, 15) is 8.42 Å². The Hall–Kier alpha value is -1.05. The van der Waals surface area contributed by atoms with Gasteiger partial charge in [-0.15, -0.1) is 12.6 Å². The average Bonchev–Trinajstić information content (AvgIpc) is 2.44. The molecule has 2 aromatic rings. The maximum absolute atomic E-state index is 10.9. The molecule has 0 atom stereocenters. The van der Waals surface area contributed by atoms with E-state index in [1.54, 1.807) is 6.92 Å². The molecule has 0 spiro atoms. The molecule has 0 unspecified atom stereocenters. The summed E-state index contributed by atoms with van der Waals surface area (Å²) >= 11 is 4.02. The summed E-state index contributed by atoms with van der Waals surface area (Å²) in [5.41, 5.74) is 1.84. The molecule has 2 N–H and O–H groups in total. The molecule has 80 valence electrons. The van der Waals surface area contributed by atoms with Crippen molar-refractivity contribution in [3.8, 4) is 0 Å². The Balaban J connectivity index is 2.84. The van der Waals surface area contributed by atoms with Crippen molar-refractivity contribution >= 4 is 33.8 Å². The van der Waals surface area contributed by atoms with E-state index in [1.807, 2.05) is 0 Å². The van der Waals surface area contributed by atoms with Gasteiger partial charge in [-0.3, -0.25) is 4.55 Å². The monoisotopic (exact) mass is 244 g/mol. The van der Waals surface area contributed by atoms with Gasteiger partial charge in [0.2, 0.25) is 0 Å². The van der Waals surface area contributed by atoms with Crippen LogP contribution in [0.25, 0.3) is 11.0 Å². The predicted molar refractivity (Wildman–Crippen MR) is 57.9 cm³/mol. The molecule has 0 saturated heterocycles. The van der Waals surface area contributed by atoms with E-state index in [1.165, 1.54) is 12.1 Å². The molecule has 1 heterocycles. The largest absolute Gasteiger partial charge is 0.333 e. The number of aromatic amines is 1. The van der Waals surface area contributed by atoms with Crippen molar-refractivity contribution in [2.24, 2.45) is 0 Å². The van der Waals surface area contributed by atoms with Crippen molar-refractivity contribution in [1.29, 1.82) is 0 Å². The molecule has 0 aliphatic carbocycles. The number of H-pyrrole nitrogens is 1. The second-order valence-corrected chi connectivity index (χ2v) is 5.02. The Bertz CT molecular complexity index is 631. The van der Waals surface area contributed by atoms with Gasteiger partial charge < -0.3 is 4.98 Å². The third kappa shape index (κ3) is 1.85. The number of imidazole rings is 1. The number of aromatic nitrogens is 2. The normalized spacial score (nSPS) is 12.2. The van der Waals surface area contributed by atoms with Crippen LogP contribution in [0.15, 0.2) is 22.2 Å². The molecule has 0 radical (unpaired) electrons. The average molecular weight is 244 g/mol. The molecule has 7 heteroatoms. The number of nitrogens with one attached hydrogen (secondary N) is 1. The number of benzene rings is 1. The summed E-state index contributed by atoms with van der Waals surface area (Å²) in [5, 5.41) is 0.403. The SMILES string of the molecule is Cc1cc(S(=O)(=O)O)cc2[nH]c(S)nc12. The zero-order valence-electron chi connectivity index (χ0n) is 7.72. The number of thiol groups is 1. The fourth-order valence-electron chi connectivity index (χ4n) is 1.39. The molecule has 0 aliphatic rings. The van der Waals surface area contributed by atoms with E-state index in [0.29, 0.717) is 21.8 Å². The number of nitrogens with zero attached hydrogens (tertiary/aromatic N) is 1. The van der Waals surface area contributed by atoms with Crippen LogP contribution in [0, 0.1) is 6.92 Å². The number of aryl methyl sites for hydroxylation is 1. The molecule has 15 heavy (non-hydrogen) atoms. The Morgan fingerprint density at radius 1 is 1.47 bits per heavy atom. The van der Waals surface area contributed by atoms with Gasteiger partial charge in [-0.1, -0.05) is 0 Å². The van der Waals surface area contributed by atoms with Gasteiger partial charge in [0.15, 0.2) is 5.16 Å². The van der Waals surface area contributed by atoms with Crippen molar-refractivity contribution in [2.45, 2.75) is 17.0 Å². The topological polar surface area (TPSA) is 83.0 Å². The molecule has 5 nitrogen and oxygen atoms in total. The Labute approximate surface area is 91.7 Å². The van der Waals surface area contributed by atoms with Gasteiger partial charge in [0.05, 0.1) is 15.9 Å². The number of hydrogen-bond acceptors (Lipinski definition) is 4. The number of rotatable bonds is 1. The van der Waals surface area contributed by atoms with E-state index in [2.05, 4.69) is 22.6 Å². The molecule has 1 aromatic carbocycles. The van der Waals surface area contributed by atoms with E-state index in [4.69, 9.17) is 4.55 Å². The molecular weight excluding hydrogens is 236 g/mol. The van der Waals surface area contributed by atoms with Crippen molar-refractivity contribution < 1.29 is 13.0 Å². The Morgan fingerprint density at radius 2 is 2.13 bits per heavy atom. The highest BCUT2D eigenvalue weighted by atomic mass is 32.2. The van der Waals surface area contributed by atoms with Gasteiger partial charge in [0.1, 0.15) is 0 Å². The van der Waals surface area contributed by atoms with Crippen LogP contribution in [0.2, 0.25) is 0 Å². The fourth-order valence-corrected chi connectivity index (χ4v) is 2.21. The molecule has 0 aliphatic heterocycles. The smallest absolute Gasteiger partial charge is 0.294 e. The highest BCUT2D eigenvalue weighted by Gasteiger charge is 2.13. The maximum Gasteiger partial charge on any atom is 0.294 e. The minimum absolute atomic E-state index is 0.149. The van der Waals surface area contributed by atoms with Crippen molar-refractivity contribution in [1.82, 2.24) is 9.97 Å². The minimum atomic E-state index is -4.18. The van der Waals surface area contributed by atoms with Gasteiger partial charge in [0, 0.05) is 0 Å². The van der Waals surface area contributed by atoms with Gasteiger partial charge in [-0.05, 0) is 24.6 Å². The number of hydrogen-bond donors (Lipinski definition) is 3. The zero-order valence-corrected chi connectivity index (χ0v) is 9.43. The first-order valence-corrected chi connectivity index (χ1v) is 5.93. The lowest BCUT2D eigenvalue weighted by atomic mass is 10.2. The second kappa shape index (κ2) is 3.22. The highest BCUT2D eigenvalue weighted by molar-refractivity contribution is 7.85. The van der Waals surface area contributed by atoms with Gasteiger partial charge in [-0.25, -0.2) is 4.98 Å². The van der Waals surface area contributed by atoms with Crippen LogP contribution in [0.1, 0.15) is 5.56 Å². The maximum atomic E-state index is 10.9. The fraction of sp³-hybridized carbons (Fsp3) is 0.125. The first-order chi connectivity index (χ1) is 6.88. The van der Waals surface area contributed by atoms with Crippen LogP contribution in [0.3, 0.4) is 0 Å². The van der Waals surface area contributed by atoms with Crippen LogP contribution in [-0.2, 0) is 10.1 Å². The Morgan fingerprint density at radius 3 is 2.73 bits per heavy atom. The van der Waals surface area contributed by atoms with Crippen LogP contribution in [0.5, 0.6) is 0 Å².